The molecule has 0 amide bonds. The number of hydrogen-bond acceptors (Lipinski definition) is 6. The third-order valence-corrected chi connectivity index (χ3v) is 13.0. The van der Waals surface area contributed by atoms with Gasteiger partial charge in [-0.05, 0) is 44.9 Å². The molecule has 0 aromatic heterocycles. The van der Waals surface area contributed by atoms with Gasteiger partial charge in [0, 0.05) is 19.3 Å². The summed E-state index contributed by atoms with van der Waals surface area (Å²) in [5.41, 5.74) is 0. The normalized spacial score (nSPS) is 12.0. The highest BCUT2D eigenvalue weighted by Gasteiger charge is 2.19. The molecule has 0 radical (unpaired) electrons. The van der Waals surface area contributed by atoms with Crippen LogP contribution >= 0.6 is 0 Å². The zero-order valence-corrected chi connectivity index (χ0v) is 43.3. The van der Waals surface area contributed by atoms with Gasteiger partial charge in [0.1, 0.15) is 13.2 Å². The number of esters is 3. The van der Waals surface area contributed by atoms with Crippen LogP contribution in [0.3, 0.4) is 0 Å². The van der Waals surface area contributed by atoms with Gasteiger partial charge in [-0.3, -0.25) is 14.4 Å². The van der Waals surface area contributed by atoms with E-state index in [9.17, 15) is 14.4 Å². The molecule has 1 atom stereocenters. The monoisotopic (exact) mass is 903 g/mol. The second kappa shape index (κ2) is 53.8. The molecule has 0 aromatic rings. The highest BCUT2D eigenvalue weighted by molar-refractivity contribution is 5.71. The SMILES string of the molecule is CCCCCCC/C=C\CCCCCCCC(=O)OC(COC(=O)CCCCCCCCCCCCCC)COC(=O)CCCCCCCCCCCCCCCCCCCCCC. The Hall–Kier alpha value is -1.85. The molecule has 0 bridgehead atoms. The lowest BCUT2D eigenvalue weighted by Crippen LogP contribution is -2.30. The van der Waals surface area contributed by atoms with Crippen molar-refractivity contribution in [1.82, 2.24) is 0 Å². The van der Waals surface area contributed by atoms with Crippen molar-refractivity contribution in [2.24, 2.45) is 0 Å². The summed E-state index contributed by atoms with van der Waals surface area (Å²) in [6, 6.07) is 0. The lowest BCUT2D eigenvalue weighted by Gasteiger charge is -2.18. The van der Waals surface area contributed by atoms with Gasteiger partial charge >= 0.3 is 17.9 Å². The number of hydrogen-bond donors (Lipinski definition) is 0. The summed E-state index contributed by atoms with van der Waals surface area (Å²) in [5.74, 6) is -0.854. The van der Waals surface area contributed by atoms with Crippen molar-refractivity contribution in [2.45, 2.75) is 329 Å². The van der Waals surface area contributed by atoms with E-state index in [2.05, 4.69) is 32.9 Å². The molecule has 0 rings (SSSR count). The molecule has 6 nitrogen and oxygen atoms in total. The fraction of sp³-hybridized carbons (Fsp3) is 0.914. The molecule has 0 aliphatic heterocycles. The van der Waals surface area contributed by atoms with Crippen LogP contribution in [0.1, 0.15) is 323 Å². The predicted molar refractivity (Wildman–Crippen MR) is 275 cm³/mol. The van der Waals surface area contributed by atoms with Gasteiger partial charge in [0.2, 0.25) is 0 Å². The van der Waals surface area contributed by atoms with Crippen molar-refractivity contribution in [2.75, 3.05) is 13.2 Å². The minimum absolute atomic E-state index is 0.0676. The standard InChI is InChI=1S/C58H110O6/c1-4-7-10-13-16-19-22-25-27-28-29-30-31-32-34-36-39-42-45-48-51-57(60)63-54-55(53-62-56(59)50-47-44-41-38-35-24-21-18-15-12-9-6-3)64-58(61)52-49-46-43-40-37-33-26-23-20-17-14-11-8-5-2/h23,26,55H,4-22,24-25,27-54H2,1-3H3/b26-23-. The van der Waals surface area contributed by atoms with Crippen molar-refractivity contribution >= 4 is 17.9 Å². The number of rotatable bonds is 53. The molecule has 0 heterocycles. The summed E-state index contributed by atoms with van der Waals surface area (Å²) in [5, 5.41) is 0. The molecular formula is C58H110O6. The van der Waals surface area contributed by atoms with Crippen LogP contribution in [0.15, 0.2) is 12.2 Å². The van der Waals surface area contributed by atoms with E-state index in [1.165, 1.54) is 218 Å². The summed E-state index contributed by atoms with van der Waals surface area (Å²) in [6.45, 7) is 6.67. The summed E-state index contributed by atoms with van der Waals surface area (Å²) in [4.78, 5) is 38.1. The number of unbranched alkanes of at least 4 members (excludes halogenated alkanes) is 40. The Morgan fingerprint density at radius 3 is 0.781 bits per heavy atom. The first-order valence-electron chi connectivity index (χ1n) is 28.7. The molecule has 1 unspecified atom stereocenters. The van der Waals surface area contributed by atoms with Gasteiger partial charge in [-0.25, -0.2) is 0 Å². The largest absolute Gasteiger partial charge is 0.462 e. The average molecular weight is 904 g/mol. The molecule has 378 valence electrons. The first kappa shape index (κ1) is 62.1. The van der Waals surface area contributed by atoms with E-state index in [-0.39, 0.29) is 31.1 Å². The molecule has 0 fully saturated rings. The number of ether oxygens (including phenoxy) is 3. The summed E-state index contributed by atoms with van der Waals surface area (Å²) in [7, 11) is 0. The van der Waals surface area contributed by atoms with Crippen molar-refractivity contribution in [3.63, 3.8) is 0 Å². The Morgan fingerprint density at radius 2 is 0.516 bits per heavy atom. The highest BCUT2D eigenvalue weighted by atomic mass is 16.6. The molecular weight excluding hydrogens is 793 g/mol. The van der Waals surface area contributed by atoms with Gasteiger partial charge < -0.3 is 14.2 Å². The molecule has 0 aromatic carbocycles. The van der Waals surface area contributed by atoms with E-state index in [1.54, 1.807) is 0 Å². The van der Waals surface area contributed by atoms with Crippen LogP contribution in [0.2, 0.25) is 0 Å². The molecule has 0 N–H and O–H groups in total. The van der Waals surface area contributed by atoms with Crippen LogP contribution < -0.4 is 0 Å². The van der Waals surface area contributed by atoms with Crippen LogP contribution in [0.4, 0.5) is 0 Å². The summed E-state index contributed by atoms with van der Waals surface area (Å²) in [6.07, 6.45) is 60.6. The molecule has 0 aliphatic carbocycles. The minimum Gasteiger partial charge on any atom is -0.462 e. The van der Waals surface area contributed by atoms with Crippen LogP contribution in [-0.2, 0) is 28.6 Å². The summed E-state index contributed by atoms with van der Waals surface area (Å²) >= 11 is 0. The zero-order chi connectivity index (χ0) is 46.5. The van der Waals surface area contributed by atoms with Crippen molar-refractivity contribution in [3.05, 3.63) is 12.2 Å². The highest BCUT2D eigenvalue weighted by Crippen LogP contribution is 2.17. The topological polar surface area (TPSA) is 78.9 Å². The molecule has 6 heteroatoms. The fourth-order valence-corrected chi connectivity index (χ4v) is 8.68. The van der Waals surface area contributed by atoms with Gasteiger partial charge in [-0.2, -0.15) is 0 Å². The van der Waals surface area contributed by atoms with E-state index >= 15 is 0 Å². The van der Waals surface area contributed by atoms with E-state index < -0.39 is 6.10 Å². The Balaban J connectivity index is 4.26. The average Bonchev–Trinajstić information content (AvgIpc) is 3.29. The van der Waals surface area contributed by atoms with Crippen molar-refractivity contribution in [1.29, 1.82) is 0 Å². The maximum absolute atomic E-state index is 12.8. The molecule has 0 saturated carbocycles. The van der Waals surface area contributed by atoms with Gasteiger partial charge in [-0.15, -0.1) is 0 Å². The fourth-order valence-electron chi connectivity index (χ4n) is 8.68. The molecule has 0 aliphatic rings. The van der Waals surface area contributed by atoms with Gasteiger partial charge in [-0.1, -0.05) is 270 Å². The Labute approximate surface area is 399 Å². The van der Waals surface area contributed by atoms with Crippen molar-refractivity contribution < 1.29 is 28.6 Å². The number of carbonyl (C=O) groups excluding carboxylic acids is 3. The first-order valence-corrected chi connectivity index (χ1v) is 28.7. The maximum Gasteiger partial charge on any atom is 0.306 e. The Morgan fingerprint density at radius 1 is 0.297 bits per heavy atom. The Bertz CT molecular complexity index is 993. The molecule has 0 saturated heterocycles. The van der Waals surface area contributed by atoms with Crippen LogP contribution in [0, 0.1) is 0 Å². The molecule has 0 spiro atoms. The second-order valence-corrected chi connectivity index (χ2v) is 19.6. The second-order valence-electron chi connectivity index (χ2n) is 19.6. The van der Waals surface area contributed by atoms with Crippen molar-refractivity contribution in [3.8, 4) is 0 Å². The summed E-state index contributed by atoms with van der Waals surface area (Å²) < 4.78 is 16.9. The smallest absolute Gasteiger partial charge is 0.306 e. The lowest BCUT2D eigenvalue weighted by atomic mass is 10.0. The third kappa shape index (κ3) is 51.1. The molecule has 64 heavy (non-hydrogen) atoms. The quantitative estimate of drug-likeness (QED) is 0.0262. The van der Waals surface area contributed by atoms with Gasteiger partial charge in [0.15, 0.2) is 6.10 Å². The maximum atomic E-state index is 12.8. The van der Waals surface area contributed by atoms with Crippen LogP contribution in [-0.4, -0.2) is 37.2 Å². The lowest BCUT2D eigenvalue weighted by molar-refractivity contribution is -0.167. The van der Waals surface area contributed by atoms with E-state index in [0.29, 0.717) is 19.3 Å². The van der Waals surface area contributed by atoms with Crippen LogP contribution in [0.5, 0.6) is 0 Å². The minimum atomic E-state index is -0.768. The van der Waals surface area contributed by atoms with E-state index in [4.69, 9.17) is 14.2 Å². The number of carbonyl (C=O) groups is 3. The van der Waals surface area contributed by atoms with E-state index in [0.717, 1.165) is 64.2 Å². The van der Waals surface area contributed by atoms with E-state index in [1.807, 2.05) is 0 Å². The first-order chi connectivity index (χ1) is 31.5. The number of allylic oxidation sites excluding steroid dienone is 2. The Kier molecular flexibility index (Phi) is 52.2. The van der Waals surface area contributed by atoms with Gasteiger partial charge in [0.25, 0.3) is 0 Å². The predicted octanol–water partition coefficient (Wildman–Crippen LogP) is 18.9. The van der Waals surface area contributed by atoms with Gasteiger partial charge in [0.05, 0.1) is 0 Å². The third-order valence-electron chi connectivity index (χ3n) is 13.0. The zero-order valence-electron chi connectivity index (χ0n) is 43.3. The van der Waals surface area contributed by atoms with Crippen LogP contribution in [0.25, 0.3) is 0 Å².